The van der Waals surface area contributed by atoms with Crippen LogP contribution in [0.3, 0.4) is 0 Å². The predicted octanol–water partition coefficient (Wildman–Crippen LogP) is -1.60. The highest BCUT2D eigenvalue weighted by molar-refractivity contribution is 5.98. The number of aliphatic hydroxyl groups is 1. The number of hydrogen-bond donors (Lipinski definition) is 13. The van der Waals surface area contributed by atoms with Gasteiger partial charge in [0, 0.05) is 6.42 Å². The van der Waals surface area contributed by atoms with E-state index in [1.807, 2.05) is 13.8 Å². The third kappa shape index (κ3) is 22.7. The third-order valence-corrected chi connectivity index (χ3v) is 13.1. The number of carbonyl (C=O) groups is 10. The first-order valence-electron chi connectivity index (χ1n) is 27.0. The Kier molecular flexibility index (Phi) is 29.4. The zero-order valence-electron chi connectivity index (χ0n) is 46.7. The van der Waals surface area contributed by atoms with Gasteiger partial charge in [-0.15, -0.1) is 0 Å². The van der Waals surface area contributed by atoms with Gasteiger partial charge < -0.3 is 74.9 Å². The fraction of sp³-hybridized carbons (Fsp3) is 0.698. The zero-order chi connectivity index (χ0) is 58.1. The maximum absolute atomic E-state index is 14.4. The van der Waals surface area contributed by atoms with Crippen LogP contribution in [0.1, 0.15) is 120 Å². The van der Waals surface area contributed by atoms with E-state index in [0.29, 0.717) is 12.0 Å². The van der Waals surface area contributed by atoms with Crippen molar-refractivity contribution in [2.75, 3.05) is 26.2 Å². The molecule has 1 heterocycles. The lowest BCUT2D eigenvalue weighted by molar-refractivity contribution is -0.158. The Bertz CT molecular complexity index is 2110. The Hall–Kier alpha value is -6.24. The van der Waals surface area contributed by atoms with E-state index in [4.69, 9.17) is 21.9 Å². The topological polar surface area (TPSA) is 386 Å². The van der Waals surface area contributed by atoms with Crippen molar-refractivity contribution in [3.63, 3.8) is 0 Å². The molecule has 2 rings (SSSR count). The molecule has 1 aliphatic rings. The molecule has 0 saturated carbocycles. The lowest BCUT2D eigenvalue weighted by Gasteiger charge is -2.30. The molecule has 0 radical (unpaired) electrons. The van der Waals surface area contributed by atoms with Gasteiger partial charge in [0.05, 0.1) is 13.0 Å². The van der Waals surface area contributed by atoms with Gasteiger partial charge in [-0.2, -0.15) is 0 Å². The van der Waals surface area contributed by atoms with Gasteiger partial charge in [0.25, 0.3) is 0 Å². The molecule has 1 aromatic carbocycles. The summed E-state index contributed by atoms with van der Waals surface area (Å²) in [6, 6.07) is -3.30. The average molecular weight is 1090 g/mol. The van der Waals surface area contributed by atoms with Crippen molar-refractivity contribution in [2.45, 2.75) is 181 Å². The Morgan fingerprint density at radius 1 is 0.494 bits per heavy atom. The van der Waals surface area contributed by atoms with Crippen molar-refractivity contribution in [1.29, 1.82) is 0 Å². The lowest BCUT2D eigenvalue weighted by atomic mass is 9.98. The highest BCUT2D eigenvalue weighted by Gasteiger charge is 2.38. The van der Waals surface area contributed by atoms with Crippen LogP contribution in [-0.2, 0) is 59.1 Å². The standard InChI is InChI=1S/C53H90N12O12/c1-11-32(10)41-26-42(67)57-34(17-20-54)46(69)64-43(30(6)7)51(74)59-35(18-21-55)45(68)61-39(25-33-15-13-12-14-16-33)50(73)60-37(23-28(2)3)48(71)58-36(19-22-56)47(70)65-44(31(8)9)52(75)62-38(24-29(4)5)49(72)63-40(27-66)53(76)77-41/h12-16,28-32,34-41,43-44,66H,11,17-27,54-56H2,1-10H3,(H,57,67)(H,58,71)(H,59,74)(H,60,73)(H,61,68)(H,62,75)(H,63,72)(H,64,69)(H,65,70)/t32?,34-,35-,36-,37-,38-,39+,40-,41?,43-,44+/m0/s1. The van der Waals surface area contributed by atoms with Crippen molar-refractivity contribution >= 4 is 59.1 Å². The molecule has 2 unspecified atom stereocenters. The molecular formula is C53H90N12O12. The summed E-state index contributed by atoms with van der Waals surface area (Å²) in [6.45, 7) is 16.1. The van der Waals surface area contributed by atoms with Crippen molar-refractivity contribution in [3.8, 4) is 0 Å². The number of amides is 9. The van der Waals surface area contributed by atoms with E-state index >= 15 is 0 Å². The van der Waals surface area contributed by atoms with Crippen molar-refractivity contribution in [3.05, 3.63) is 35.9 Å². The summed E-state index contributed by atoms with van der Waals surface area (Å²) < 4.78 is 5.76. The molecule has 0 aliphatic carbocycles. The number of esters is 1. The first-order chi connectivity index (χ1) is 36.3. The summed E-state index contributed by atoms with van der Waals surface area (Å²) in [5.41, 5.74) is 18.4. The van der Waals surface area contributed by atoms with Gasteiger partial charge in [0.2, 0.25) is 53.2 Å². The van der Waals surface area contributed by atoms with Gasteiger partial charge in [-0.1, -0.05) is 106 Å². The number of ether oxygens (including phenoxy) is 1. The second-order valence-corrected chi connectivity index (χ2v) is 21.4. The number of carbonyl (C=O) groups excluding carboxylic acids is 10. The molecule has 9 amide bonds. The first kappa shape index (κ1) is 66.9. The fourth-order valence-electron chi connectivity index (χ4n) is 8.43. The summed E-state index contributed by atoms with van der Waals surface area (Å²) in [5, 5.41) is 34.3. The van der Waals surface area contributed by atoms with Crippen LogP contribution in [0.4, 0.5) is 0 Å². The van der Waals surface area contributed by atoms with Crippen LogP contribution >= 0.6 is 0 Å². The molecule has 1 saturated heterocycles. The third-order valence-electron chi connectivity index (χ3n) is 13.1. The maximum Gasteiger partial charge on any atom is 0.331 e. The summed E-state index contributed by atoms with van der Waals surface area (Å²) >= 11 is 0. The second kappa shape index (κ2) is 33.8. The molecule has 16 N–H and O–H groups in total. The van der Waals surface area contributed by atoms with Crippen LogP contribution in [0, 0.1) is 29.6 Å². The number of benzene rings is 1. The van der Waals surface area contributed by atoms with Gasteiger partial charge in [0.15, 0.2) is 6.04 Å². The number of rotatable bonds is 17. The van der Waals surface area contributed by atoms with Crippen LogP contribution in [0.2, 0.25) is 0 Å². The van der Waals surface area contributed by atoms with Crippen LogP contribution < -0.4 is 65.1 Å². The highest BCUT2D eigenvalue weighted by Crippen LogP contribution is 2.18. The molecule has 1 aliphatic heterocycles. The smallest absolute Gasteiger partial charge is 0.331 e. The Balaban J connectivity index is 2.80. The minimum atomic E-state index is -1.65. The highest BCUT2D eigenvalue weighted by atomic mass is 16.5. The van der Waals surface area contributed by atoms with Crippen molar-refractivity contribution in [1.82, 2.24) is 47.9 Å². The van der Waals surface area contributed by atoms with E-state index in [1.165, 1.54) is 0 Å². The first-order valence-corrected chi connectivity index (χ1v) is 27.0. The van der Waals surface area contributed by atoms with Crippen molar-refractivity contribution in [2.24, 2.45) is 46.8 Å². The molecule has 0 bridgehead atoms. The number of cyclic esters (lactones) is 1. The zero-order valence-corrected chi connectivity index (χ0v) is 46.7. The maximum atomic E-state index is 14.4. The SMILES string of the molecule is CCC(C)C1CC(=O)N[C@@H](CCN)C(=O)N[C@@H](C(C)C)C(=O)N[C@@H](CCN)C(=O)N[C@H](Cc2ccccc2)C(=O)N[C@@H](CC(C)C)C(=O)N[C@@H](CCN)C(=O)N[C@H](C(C)C)C(=O)N[C@@H](CC(C)C)C(=O)N[C@@H](CO)C(=O)O1. The largest absolute Gasteiger partial charge is 0.460 e. The number of nitrogens with one attached hydrogen (secondary N) is 9. The van der Waals surface area contributed by atoms with Gasteiger partial charge in [-0.05, 0) is 86.9 Å². The quantitative estimate of drug-likeness (QED) is 0.0782. The lowest BCUT2D eigenvalue weighted by Crippen LogP contribution is -2.61. The van der Waals surface area contributed by atoms with Crippen molar-refractivity contribution < 1.29 is 57.8 Å². The molecule has 0 aromatic heterocycles. The monoisotopic (exact) mass is 1090 g/mol. The van der Waals surface area contributed by atoms with E-state index < -0.39 is 150 Å². The molecule has 24 nitrogen and oxygen atoms in total. The average Bonchev–Trinajstić information content (AvgIpc) is 3.36. The summed E-state index contributed by atoms with van der Waals surface area (Å²) in [6.07, 6.45) is -1.38. The molecule has 11 atom stereocenters. The molecule has 0 spiro atoms. The van der Waals surface area contributed by atoms with E-state index in [-0.39, 0.29) is 70.0 Å². The van der Waals surface area contributed by atoms with E-state index in [0.717, 1.165) is 0 Å². The Morgan fingerprint density at radius 3 is 1.27 bits per heavy atom. The van der Waals surface area contributed by atoms with Gasteiger partial charge in [-0.25, -0.2) is 4.79 Å². The van der Waals surface area contributed by atoms with Crippen LogP contribution in [0.5, 0.6) is 0 Å². The molecular weight excluding hydrogens is 997 g/mol. The van der Waals surface area contributed by atoms with Gasteiger partial charge in [0.1, 0.15) is 54.4 Å². The molecule has 77 heavy (non-hydrogen) atoms. The number of nitrogens with two attached hydrogens (primary N) is 3. The van der Waals surface area contributed by atoms with Gasteiger partial charge >= 0.3 is 5.97 Å². The van der Waals surface area contributed by atoms with Crippen LogP contribution in [-0.4, -0.2) is 151 Å². The molecule has 1 fully saturated rings. The Morgan fingerprint density at radius 2 is 0.857 bits per heavy atom. The molecule has 1 aromatic rings. The Labute approximate surface area is 453 Å². The van der Waals surface area contributed by atoms with E-state index in [9.17, 15) is 53.1 Å². The minimum Gasteiger partial charge on any atom is -0.460 e. The van der Waals surface area contributed by atoms with E-state index in [2.05, 4.69) is 47.9 Å². The number of hydrogen-bond acceptors (Lipinski definition) is 15. The molecule has 24 heteroatoms. The fourth-order valence-corrected chi connectivity index (χ4v) is 8.43. The predicted molar refractivity (Wildman–Crippen MR) is 288 cm³/mol. The minimum absolute atomic E-state index is 0.0539. The summed E-state index contributed by atoms with van der Waals surface area (Å²) in [5.74, 6) is -10.2. The van der Waals surface area contributed by atoms with Crippen LogP contribution in [0.25, 0.3) is 0 Å². The number of aliphatic hydroxyl groups excluding tert-OH is 1. The van der Waals surface area contributed by atoms with E-state index in [1.54, 1.807) is 85.7 Å². The summed E-state index contributed by atoms with van der Waals surface area (Å²) in [4.78, 5) is 141. The normalized spacial score (nSPS) is 26.5. The summed E-state index contributed by atoms with van der Waals surface area (Å²) in [7, 11) is 0. The second-order valence-electron chi connectivity index (χ2n) is 21.4. The molecule has 434 valence electrons. The van der Waals surface area contributed by atoms with Gasteiger partial charge in [-0.3, -0.25) is 43.2 Å². The van der Waals surface area contributed by atoms with Crippen LogP contribution in [0.15, 0.2) is 30.3 Å².